The highest BCUT2D eigenvalue weighted by molar-refractivity contribution is 5.97. The molecule has 0 bridgehead atoms. The van der Waals surface area contributed by atoms with Crippen molar-refractivity contribution in [1.29, 1.82) is 0 Å². The summed E-state index contributed by atoms with van der Waals surface area (Å²) >= 11 is 0. The summed E-state index contributed by atoms with van der Waals surface area (Å²) in [5.74, 6) is 1.55. The Balaban J connectivity index is 1.40. The van der Waals surface area contributed by atoms with Crippen LogP contribution < -0.4 is 20.7 Å². The molecular weight excluding hydrogens is 459 g/mol. The van der Waals surface area contributed by atoms with Gasteiger partial charge in [-0.3, -0.25) is 4.79 Å². The smallest absolute Gasteiger partial charge is 0.419 e. The van der Waals surface area contributed by atoms with Gasteiger partial charge in [-0.15, -0.1) is 0 Å². The topological polar surface area (TPSA) is 93.4 Å². The Morgan fingerprint density at radius 3 is 2.34 bits per heavy atom. The largest absolute Gasteiger partial charge is 0.494 e. The molecule has 10 heteroatoms. The zero-order valence-corrected chi connectivity index (χ0v) is 20.3. The Kier molecular flexibility index (Phi) is 9.31. The maximum absolute atomic E-state index is 12.7. The SMILES string of the molecule is Cc1cc(OCCCC2CCN(c3ncc(C(F)(F)F)cn3)CC2)cc(C)c1C(=O)NCCCN. The van der Waals surface area contributed by atoms with Crippen LogP contribution in [0, 0.1) is 19.8 Å². The van der Waals surface area contributed by atoms with Crippen molar-refractivity contribution in [2.75, 3.05) is 37.7 Å². The minimum absolute atomic E-state index is 0.0898. The molecule has 0 radical (unpaired) electrons. The number of hydrogen-bond acceptors (Lipinski definition) is 6. The number of nitrogens with two attached hydrogens (primary N) is 1. The molecule has 0 aliphatic carbocycles. The van der Waals surface area contributed by atoms with Crippen LogP contribution in [0.4, 0.5) is 19.1 Å². The number of halogens is 3. The van der Waals surface area contributed by atoms with E-state index in [0.29, 0.717) is 37.1 Å². The first-order chi connectivity index (χ1) is 16.7. The number of benzene rings is 1. The van der Waals surface area contributed by atoms with Crippen LogP contribution in [0.1, 0.15) is 59.2 Å². The lowest BCUT2D eigenvalue weighted by Gasteiger charge is -2.32. The summed E-state index contributed by atoms with van der Waals surface area (Å²) in [6.07, 6.45) is 1.81. The third kappa shape index (κ3) is 7.55. The second-order valence-electron chi connectivity index (χ2n) is 9.02. The van der Waals surface area contributed by atoms with Crippen LogP contribution in [0.15, 0.2) is 24.5 Å². The quantitative estimate of drug-likeness (QED) is 0.481. The van der Waals surface area contributed by atoms with Crippen molar-refractivity contribution in [3.63, 3.8) is 0 Å². The van der Waals surface area contributed by atoms with Gasteiger partial charge in [0.25, 0.3) is 5.91 Å². The summed E-state index contributed by atoms with van der Waals surface area (Å²) in [5, 5.41) is 2.90. The number of nitrogens with one attached hydrogen (secondary N) is 1. The first-order valence-corrected chi connectivity index (χ1v) is 12.1. The summed E-state index contributed by atoms with van der Waals surface area (Å²) in [7, 11) is 0. The van der Waals surface area contributed by atoms with Gasteiger partial charge in [0.1, 0.15) is 5.75 Å². The van der Waals surface area contributed by atoms with Crippen LogP contribution in [0.3, 0.4) is 0 Å². The first kappa shape index (κ1) is 26.7. The molecule has 3 N–H and O–H groups in total. The number of aromatic nitrogens is 2. The van der Waals surface area contributed by atoms with Crippen LogP contribution in [-0.2, 0) is 6.18 Å². The molecule has 1 fully saturated rings. The van der Waals surface area contributed by atoms with E-state index < -0.39 is 11.7 Å². The van der Waals surface area contributed by atoms with Crippen molar-refractivity contribution in [2.24, 2.45) is 11.7 Å². The molecule has 192 valence electrons. The van der Waals surface area contributed by atoms with Gasteiger partial charge in [0, 0.05) is 37.6 Å². The molecule has 0 spiro atoms. The fourth-order valence-electron chi connectivity index (χ4n) is 4.37. The number of carbonyl (C=O) groups excluding carboxylic acids is 1. The highest BCUT2D eigenvalue weighted by atomic mass is 19.4. The molecule has 2 aromatic rings. The maximum atomic E-state index is 12.7. The number of aryl methyl sites for hydroxylation is 2. The van der Waals surface area contributed by atoms with E-state index in [-0.39, 0.29) is 5.91 Å². The highest BCUT2D eigenvalue weighted by Crippen LogP contribution is 2.29. The molecular formula is C25H34F3N5O2. The number of carbonyl (C=O) groups is 1. The summed E-state index contributed by atoms with van der Waals surface area (Å²) < 4.78 is 44.0. The van der Waals surface area contributed by atoms with Crippen LogP contribution in [0.25, 0.3) is 0 Å². The van der Waals surface area contributed by atoms with E-state index in [1.54, 1.807) is 0 Å². The van der Waals surface area contributed by atoms with E-state index in [1.807, 2.05) is 30.9 Å². The van der Waals surface area contributed by atoms with E-state index in [4.69, 9.17) is 10.5 Å². The third-order valence-electron chi connectivity index (χ3n) is 6.29. The van der Waals surface area contributed by atoms with Gasteiger partial charge < -0.3 is 20.7 Å². The monoisotopic (exact) mass is 493 g/mol. The van der Waals surface area contributed by atoms with Gasteiger partial charge in [0.2, 0.25) is 5.95 Å². The van der Waals surface area contributed by atoms with E-state index in [1.165, 1.54) is 0 Å². The molecule has 1 aromatic carbocycles. The second kappa shape index (κ2) is 12.2. The normalized spacial score (nSPS) is 14.7. The zero-order chi connectivity index (χ0) is 25.4. The maximum Gasteiger partial charge on any atom is 0.419 e. The number of ether oxygens (including phenoxy) is 1. The van der Waals surface area contributed by atoms with Gasteiger partial charge in [-0.2, -0.15) is 13.2 Å². The molecule has 3 rings (SSSR count). The molecule has 1 amide bonds. The van der Waals surface area contributed by atoms with Gasteiger partial charge in [0.15, 0.2) is 0 Å². The van der Waals surface area contributed by atoms with Crippen molar-refractivity contribution in [3.05, 3.63) is 46.8 Å². The minimum Gasteiger partial charge on any atom is -0.494 e. The van der Waals surface area contributed by atoms with Crippen LogP contribution in [-0.4, -0.2) is 48.7 Å². The Labute approximate surface area is 204 Å². The van der Waals surface area contributed by atoms with Crippen LogP contribution in [0.5, 0.6) is 5.75 Å². The van der Waals surface area contributed by atoms with Crippen molar-refractivity contribution in [1.82, 2.24) is 15.3 Å². The molecule has 0 atom stereocenters. The Hall–Kier alpha value is -2.88. The number of hydrogen-bond donors (Lipinski definition) is 2. The van der Waals surface area contributed by atoms with Crippen LogP contribution in [0.2, 0.25) is 0 Å². The van der Waals surface area contributed by atoms with E-state index >= 15 is 0 Å². The summed E-state index contributed by atoms with van der Waals surface area (Å²) in [6.45, 7) is 6.95. The average Bonchev–Trinajstić information content (AvgIpc) is 2.81. The van der Waals surface area contributed by atoms with Gasteiger partial charge in [-0.05, 0) is 81.7 Å². The highest BCUT2D eigenvalue weighted by Gasteiger charge is 2.32. The summed E-state index contributed by atoms with van der Waals surface area (Å²) in [4.78, 5) is 22.2. The van der Waals surface area contributed by atoms with Gasteiger partial charge in [-0.1, -0.05) is 0 Å². The molecule has 1 aliphatic rings. The predicted octanol–water partition coefficient (Wildman–Crippen LogP) is 4.27. The fraction of sp³-hybridized carbons (Fsp3) is 0.560. The molecule has 2 heterocycles. The van der Waals surface area contributed by atoms with Crippen LogP contribution >= 0.6 is 0 Å². The third-order valence-corrected chi connectivity index (χ3v) is 6.29. The number of alkyl halides is 3. The summed E-state index contributed by atoms with van der Waals surface area (Å²) in [6, 6.07) is 3.79. The second-order valence-corrected chi connectivity index (χ2v) is 9.02. The molecule has 1 saturated heterocycles. The van der Waals surface area contributed by atoms with Gasteiger partial charge in [0.05, 0.1) is 12.2 Å². The lowest BCUT2D eigenvalue weighted by Crippen LogP contribution is -2.35. The van der Waals surface area contributed by atoms with Crippen molar-refractivity contribution >= 4 is 11.9 Å². The summed E-state index contributed by atoms with van der Waals surface area (Å²) in [5.41, 5.74) is 7.08. The molecule has 7 nitrogen and oxygen atoms in total. The lowest BCUT2D eigenvalue weighted by molar-refractivity contribution is -0.138. The van der Waals surface area contributed by atoms with E-state index in [2.05, 4.69) is 15.3 Å². The molecule has 0 unspecified atom stereocenters. The number of anilines is 1. The molecule has 1 aliphatic heterocycles. The number of piperidine rings is 1. The lowest BCUT2D eigenvalue weighted by atomic mass is 9.92. The van der Waals surface area contributed by atoms with Crippen molar-refractivity contribution in [3.8, 4) is 5.75 Å². The standard InChI is InChI=1S/C25H34F3N5O2/c1-17-13-21(14-18(2)22(17)23(34)30-9-4-8-29)35-12-3-5-19-6-10-33(11-7-19)24-31-15-20(16-32-24)25(26,27)28/h13-16,19H,3-12,29H2,1-2H3,(H,30,34). The fourth-order valence-corrected chi connectivity index (χ4v) is 4.37. The first-order valence-electron chi connectivity index (χ1n) is 12.1. The van der Waals surface area contributed by atoms with E-state index in [0.717, 1.165) is 74.5 Å². The van der Waals surface area contributed by atoms with Gasteiger partial charge in [-0.25, -0.2) is 9.97 Å². The number of nitrogens with zero attached hydrogens (tertiary/aromatic N) is 3. The minimum atomic E-state index is -4.42. The number of amides is 1. The zero-order valence-electron chi connectivity index (χ0n) is 20.3. The predicted molar refractivity (Wildman–Crippen MR) is 129 cm³/mol. The Morgan fingerprint density at radius 2 is 1.77 bits per heavy atom. The number of rotatable bonds is 10. The van der Waals surface area contributed by atoms with Crippen molar-refractivity contribution < 1.29 is 22.7 Å². The molecule has 0 saturated carbocycles. The van der Waals surface area contributed by atoms with Gasteiger partial charge >= 0.3 is 6.18 Å². The Morgan fingerprint density at radius 1 is 1.14 bits per heavy atom. The average molecular weight is 494 g/mol. The van der Waals surface area contributed by atoms with E-state index in [9.17, 15) is 18.0 Å². The van der Waals surface area contributed by atoms with Crippen molar-refractivity contribution in [2.45, 2.75) is 52.1 Å². The molecule has 1 aromatic heterocycles. The Bertz CT molecular complexity index is 951. The molecule has 35 heavy (non-hydrogen) atoms.